The summed E-state index contributed by atoms with van der Waals surface area (Å²) in [4.78, 5) is 18.0. The topological polar surface area (TPSA) is 79.4 Å². The lowest BCUT2D eigenvalue weighted by atomic mass is 9.95. The highest BCUT2D eigenvalue weighted by atomic mass is 32.2. The second kappa shape index (κ2) is 9.65. The lowest BCUT2D eigenvalue weighted by molar-refractivity contribution is -0.116. The van der Waals surface area contributed by atoms with Gasteiger partial charge >= 0.3 is 0 Å². The molecule has 1 aliphatic rings. The largest absolute Gasteiger partial charge is 0.301 e. The van der Waals surface area contributed by atoms with Gasteiger partial charge in [-0.15, -0.1) is 11.3 Å². The van der Waals surface area contributed by atoms with E-state index in [-0.39, 0.29) is 18.5 Å². The Morgan fingerprint density at radius 2 is 1.90 bits per heavy atom. The molecule has 1 fully saturated rings. The van der Waals surface area contributed by atoms with Crippen LogP contribution in [0, 0.1) is 13.8 Å². The van der Waals surface area contributed by atoms with Gasteiger partial charge in [0.15, 0.2) is 5.13 Å². The Morgan fingerprint density at radius 3 is 2.52 bits per heavy atom. The van der Waals surface area contributed by atoms with Crippen LogP contribution in [0.15, 0.2) is 35.7 Å². The van der Waals surface area contributed by atoms with Gasteiger partial charge in [-0.05, 0) is 38.3 Å². The van der Waals surface area contributed by atoms with Gasteiger partial charge in [0.25, 0.3) is 0 Å². The summed E-state index contributed by atoms with van der Waals surface area (Å²) in [6, 6.07) is 9.13. The summed E-state index contributed by atoms with van der Waals surface area (Å²) in [6.45, 7) is 3.62. The number of aryl methyl sites for hydroxylation is 2. The standard InChI is InChI=1S/C21H27N3O3S2/c1-16-17(2)28-21(22-16)23-20(25)15-24(19-11-7-4-8-12-19)29(26,27)14-13-18-9-5-3-6-10-18/h3,5-6,9-10,13-14,19H,4,7-8,11-12,15H2,1-2H3,(H,22,23,25)/b14-13+. The van der Waals surface area contributed by atoms with Crippen molar-refractivity contribution in [3.63, 3.8) is 0 Å². The molecular formula is C21H27N3O3S2. The molecule has 0 radical (unpaired) electrons. The number of benzene rings is 1. The fourth-order valence-electron chi connectivity index (χ4n) is 3.43. The van der Waals surface area contributed by atoms with Crippen molar-refractivity contribution in [3.8, 4) is 0 Å². The Balaban J connectivity index is 1.77. The molecule has 3 rings (SSSR count). The van der Waals surface area contributed by atoms with Crippen LogP contribution in [0.25, 0.3) is 6.08 Å². The van der Waals surface area contributed by atoms with E-state index in [0.717, 1.165) is 48.2 Å². The van der Waals surface area contributed by atoms with Crippen LogP contribution < -0.4 is 5.32 Å². The van der Waals surface area contributed by atoms with E-state index in [1.54, 1.807) is 6.08 Å². The summed E-state index contributed by atoms with van der Waals surface area (Å²) >= 11 is 1.40. The van der Waals surface area contributed by atoms with E-state index in [1.807, 2.05) is 44.2 Å². The number of amides is 1. The molecule has 156 valence electrons. The number of nitrogens with zero attached hydrogens (tertiary/aromatic N) is 2. The first-order valence-electron chi connectivity index (χ1n) is 9.84. The lowest BCUT2D eigenvalue weighted by Crippen LogP contribution is -2.44. The minimum Gasteiger partial charge on any atom is -0.301 e. The maximum Gasteiger partial charge on any atom is 0.241 e. The molecule has 0 unspecified atom stereocenters. The first-order valence-corrected chi connectivity index (χ1v) is 12.2. The Kier molecular flexibility index (Phi) is 7.21. The molecule has 6 nitrogen and oxygen atoms in total. The molecule has 1 amide bonds. The van der Waals surface area contributed by atoms with E-state index in [0.29, 0.717) is 5.13 Å². The van der Waals surface area contributed by atoms with Crippen LogP contribution in [-0.4, -0.2) is 36.2 Å². The molecule has 0 bridgehead atoms. The van der Waals surface area contributed by atoms with Crippen molar-refractivity contribution in [2.24, 2.45) is 0 Å². The van der Waals surface area contributed by atoms with E-state index < -0.39 is 10.0 Å². The van der Waals surface area contributed by atoms with Crippen LogP contribution in [0.1, 0.15) is 48.2 Å². The third kappa shape index (κ3) is 5.98. The van der Waals surface area contributed by atoms with Crippen molar-refractivity contribution in [1.82, 2.24) is 9.29 Å². The van der Waals surface area contributed by atoms with Crippen LogP contribution in [0.5, 0.6) is 0 Å². The van der Waals surface area contributed by atoms with E-state index in [4.69, 9.17) is 0 Å². The summed E-state index contributed by atoms with van der Waals surface area (Å²) in [5.74, 6) is -0.360. The zero-order valence-electron chi connectivity index (χ0n) is 16.8. The van der Waals surface area contributed by atoms with Crippen LogP contribution in [0.4, 0.5) is 5.13 Å². The second-order valence-corrected chi connectivity index (χ2v) is 10.3. The summed E-state index contributed by atoms with van der Waals surface area (Å²) < 4.78 is 27.5. The number of thiazole rings is 1. The number of hydrogen-bond acceptors (Lipinski definition) is 5. The number of carbonyl (C=O) groups excluding carboxylic acids is 1. The quantitative estimate of drug-likeness (QED) is 0.705. The molecule has 1 aromatic heterocycles. The van der Waals surface area contributed by atoms with Gasteiger partial charge in [-0.3, -0.25) is 4.79 Å². The molecule has 0 atom stereocenters. The van der Waals surface area contributed by atoms with E-state index >= 15 is 0 Å². The van der Waals surface area contributed by atoms with Crippen molar-refractivity contribution >= 4 is 38.5 Å². The summed E-state index contributed by atoms with van der Waals surface area (Å²) in [5.41, 5.74) is 1.67. The molecular weight excluding hydrogens is 406 g/mol. The van der Waals surface area contributed by atoms with Gasteiger partial charge in [0, 0.05) is 16.3 Å². The highest BCUT2D eigenvalue weighted by molar-refractivity contribution is 7.92. The zero-order valence-corrected chi connectivity index (χ0v) is 18.4. The van der Waals surface area contributed by atoms with Crippen LogP contribution in [0.2, 0.25) is 0 Å². The number of aromatic nitrogens is 1. The van der Waals surface area contributed by atoms with Crippen molar-refractivity contribution in [2.45, 2.75) is 52.0 Å². The fraction of sp³-hybridized carbons (Fsp3) is 0.429. The van der Waals surface area contributed by atoms with E-state index in [1.165, 1.54) is 21.1 Å². The second-order valence-electron chi connectivity index (χ2n) is 7.30. The number of rotatable bonds is 7. The molecule has 0 saturated heterocycles. The molecule has 0 aliphatic heterocycles. The molecule has 29 heavy (non-hydrogen) atoms. The number of nitrogens with one attached hydrogen (secondary N) is 1. The van der Waals surface area contributed by atoms with Crippen molar-refractivity contribution in [1.29, 1.82) is 0 Å². The maximum absolute atomic E-state index is 13.1. The molecule has 1 aromatic carbocycles. The third-order valence-corrected chi connectivity index (χ3v) is 7.66. The van der Waals surface area contributed by atoms with E-state index in [2.05, 4.69) is 10.3 Å². The van der Waals surface area contributed by atoms with E-state index in [9.17, 15) is 13.2 Å². The van der Waals surface area contributed by atoms with Gasteiger partial charge in [-0.25, -0.2) is 13.4 Å². The average Bonchev–Trinajstić information content (AvgIpc) is 3.03. The van der Waals surface area contributed by atoms with Gasteiger partial charge < -0.3 is 5.32 Å². The maximum atomic E-state index is 13.1. The first-order chi connectivity index (χ1) is 13.8. The highest BCUT2D eigenvalue weighted by Gasteiger charge is 2.31. The van der Waals surface area contributed by atoms with Gasteiger partial charge in [0.1, 0.15) is 0 Å². The average molecular weight is 434 g/mol. The number of anilines is 1. The molecule has 2 aromatic rings. The fourth-order valence-corrected chi connectivity index (χ4v) is 5.67. The highest BCUT2D eigenvalue weighted by Crippen LogP contribution is 2.26. The van der Waals surface area contributed by atoms with Gasteiger partial charge in [-0.2, -0.15) is 4.31 Å². The molecule has 0 spiro atoms. The Morgan fingerprint density at radius 1 is 1.21 bits per heavy atom. The molecule has 1 aliphatic carbocycles. The Hall–Kier alpha value is -2.03. The lowest BCUT2D eigenvalue weighted by Gasteiger charge is -2.32. The monoisotopic (exact) mass is 433 g/mol. The number of hydrogen-bond donors (Lipinski definition) is 1. The Bertz CT molecular complexity index is 943. The summed E-state index contributed by atoms with van der Waals surface area (Å²) in [5, 5.41) is 4.47. The normalized spacial score (nSPS) is 15.8. The van der Waals surface area contributed by atoms with Gasteiger partial charge in [0.05, 0.1) is 12.2 Å². The molecule has 1 saturated carbocycles. The minimum atomic E-state index is -3.74. The van der Waals surface area contributed by atoms with Crippen molar-refractivity contribution in [3.05, 3.63) is 51.9 Å². The first kappa shape index (κ1) is 21.7. The third-order valence-electron chi connectivity index (χ3n) is 5.12. The van der Waals surface area contributed by atoms with Gasteiger partial charge in [0.2, 0.25) is 15.9 Å². The summed E-state index contributed by atoms with van der Waals surface area (Å²) in [6.07, 6.45) is 6.20. The summed E-state index contributed by atoms with van der Waals surface area (Å²) in [7, 11) is -3.74. The van der Waals surface area contributed by atoms with Crippen LogP contribution >= 0.6 is 11.3 Å². The SMILES string of the molecule is Cc1nc(NC(=O)CN(C2CCCCC2)S(=O)(=O)/C=C/c2ccccc2)sc1C. The van der Waals surface area contributed by atoms with Crippen LogP contribution in [0.3, 0.4) is 0 Å². The van der Waals surface area contributed by atoms with Crippen molar-refractivity contribution in [2.75, 3.05) is 11.9 Å². The predicted octanol–water partition coefficient (Wildman–Crippen LogP) is 4.33. The Labute approximate surface area is 176 Å². The molecule has 1 N–H and O–H groups in total. The smallest absolute Gasteiger partial charge is 0.241 e. The van der Waals surface area contributed by atoms with Gasteiger partial charge in [-0.1, -0.05) is 49.6 Å². The molecule has 1 heterocycles. The van der Waals surface area contributed by atoms with Crippen molar-refractivity contribution < 1.29 is 13.2 Å². The minimum absolute atomic E-state index is 0.153. The number of carbonyl (C=O) groups is 1. The zero-order chi connectivity index (χ0) is 20.9. The number of sulfonamides is 1. The predicted molar refractivity (Wildman–Crippen MR) is 118 cm³/mol. The van der Waals surface area contributed by atoms with Crippen LogP contribution in [-0.2, 0) is 14.8 Å². The molecule has 8 heteroatoms.